The van der Waals surface area contributed by atoms with Crippen molar-refractivity contribution in [3.63, 3.8) is 0 Å². The lowest BCUT2D eigenvalue weighted by Crippen LogP contribution is -2.19. The van der Waals surface area contributed by atoms with Crippen molar-refractivity contribution in [2.24, 2.45) is 0 Å². The number of thioether (sulfide) groups is 1. The minimum absolute atomic E-state index is 0.461. The second kappa shape index (κ2) is 7.85. The van der Waals surface area contributed by atoms with E-state index in [0.717, 1.165) is 27.6 Å². The first-order valence-electron chi connectivity index (χ1n) is 8.65. The van der Waals surface area contributed by atoms with Crippen LogP contribution in [0.4, 0.5) is 0 Å². The van der Waals surface area contributed by atoms with E-state index in [4.69, 9.17) is 9.72 Å². The lowest BCUT2D eigenvalue weighted by atomic mass is 10.2. The standard InChI is InChI=1S/C20H20N4O2S/c1-26-17-9-7-15(8-10-17)24-19-6-3-2-5-18(19)22-20(24)27-14-16(25)13-23-12-4-11-21-23/h2-12,16,25H,13-14H2,1H3. The second-order valence-electron chi connectivity index (χ2n) is 6.11. The smallest absolute Gasteiger partial charge is 0.173 e. The van der Waals surface area contributed by atoms with Gasteiger partial charge in [-0.05, 0) is 42.5 Å². The number of benzene rings is 2. The predicted molar refractivity (Wildman–Crippen MR) is 107 cm³/mol. The Morgan fingerprint density at radius 3 is 2.67 bits per heavy atom. The fraction of sp³-hybridized carbons (Fsp3) is 0.200. The van der Waals surface area contributed by atoms with Gasteiger partial charge in [0.2, 0.25) is 0 Å². The van der Waals surface area contributed by atoms with E-state index in [1.807, 2.05) is 54.7 Å². The quantitative estimate of drug-likeness (QED) is 0.498. The highest BCUT2D eigenvalue weighted by Crippen LogP contribution is 2.29. The molecule has 7 heteroatoms. The van der Waals surface area contributed by atoms with E-state index in [1.54, 1.807) is 18.0 Å². The molecule has 0 fully saturated rings. The van der Waals surface area contributed by atoms with Gasteiger partial charge in [0.1, 0.15) is 5.75 Å². The molecule has 0 spiro atoms. The highest BCUT2D eigenvalue weighted by Gasteiger charge is 2.15. The van der Waals surface area contributed by atoms with E-state index in [-0.39, 0.29) is 0 Å². The number of ether oxygens (including phenoxy) is 1. The van der Waals surface area contributed by atoms with Crippen molar-refractivity contribution in [2.75, 3.05) is 12.9 Å². The number of imidazole rings is 1. The highest BCUT2D eigenvalue weighted by molar-refractivity contribution is 7.99. The summed E-state index contributed by atoms with van der Waals surface area (Å²) in [5, 5.41) is 15.3. The Hall–Kier alpha value is -2.77. The van der Waals surface area contributed by atoms with E-state index in [1.165, 1.54) is 11.8 Å². The number of aliphatic hydroxyl groups is 1. The van der Waals surface area contributed by atoms with Gasteiger partial charge in [-0.2, -0.15) is 5.10 Å². The molecule has 1 N–H and O–H groups in total. The highest BCUT2D eigenvalue weighted by atomic mass is 32.2. The van der Waals surface area contributed by atoms with Crippen molar-refractivity contribution in [1.29, 1.82) is 0 Å². The number of fused-ring (bicyclic) bond motifs is 1. The first kappa shape index (κ1) is 17.6. The van der Waals surface area contributed by atoms with Crippen LogP contribution in [0.5, 0.6) is 5.75 Å². The largest absolute Gasteiger partial charge is 0.497 e. The van der Waals surface area contributed by atoms with E-state index in [0.29, 0.717) is 12.3 Å². The molecule has 0 radical (unpaired) electrons. The van der Waals surface area contributed by atoms with Crippen molar-refractivity contribution in [3.05, 3.63) is 67.0 Å². The van der Waals surface area contributed by atoms with Gasteiger partial charge < -0.3 is 9.84 Å². The van der Waals surface area contributed by atoms with Crippen molar-refractivity contribution < 1.29 is 9.84 Å². The average Bonchev–Trinajstić information content (AvgIpc) is 3.33. The number of methoxy groups -OCH3 is 1. The minimum atomic E-state index is -0.515. The summed E-state index contributed by atoms with van der Waals surface area (Å²) in [5.41, 5.74) is 2.97. The molecule has 1 atom stereocenters. The Labute approximate surface area is 161 Å². The zero-order valence-corrected chi connectivity index (χ0v) is 15.7. The maximum absolute atomic E-state index is 10.4. The van der Waals surface area contributed by atoms with Gasteiger partial charge in [0, 0.05) is 23.8 Å². The van der Waals surface area contributed by atoms with Crippen molar-refractivity contribution in [2.45, 2.75) is 17.8 Å². The number of hydrogen-bond donors (Lipinski definition) is 1. The van der Waals surface area contributed by atoms with Crippen LogP contribution in [0.1, 0.15) is 0 Å². The van der Waals surface area contributed by atoms with Crippen LogP contribution in [0.15, 0.2) is 72.1 Å². The van der Waals surface area contributed by atoms with Gasteiger partial charge >= 0.3 is 0 Å². The summed E-state index contributed by atoms with van der Waals surface area (Å²) in [6, 6.07) is 17.8. The van der Waals surface area contributed by atoms with Crippen LogP contribution in [0, 0.1) is 0 Å². The summed E-state index contributed by atoms with van der Waals surface area (Å²) in [5.74, 6) is 1.34. The predicted octanol–water partition coefficient (Wildman–Crippen LogP) is 3.38. The Balaban J connectivity index is 1.61. The van der Waals surface area contributed by atoms with Crippen molar-refractivity contribution in [3.8, 4) is 11.4 Å². The number of aromatic nitrogens is 4. The summed E-state index contributed by atoms with van der Waals surface area (Å²) < 4.78 is 9.11. The third-order valence-corrected chi connectivity index (χ3v) is 5.31. The normalized spacial score (nSPS) is 12.4. The molecule has 0 aliphatic carbocycles. The average molecular weight is 380 g/mol. The number of para-hydroxylation sites is 2. The molecule has 2 aromatic carbocycles. The van der Waals surface area contributed by atoms with Gasteiger partial charge in [-0.15, -0.1) is 0 Å². The zero-order valence-electron chi connectivity index (χ0n) is 14.9. The Kier molecular flexibility index (Phi) is 5.13. The van der Waals surface area contributed by atoms with Gasteiger partial charge in [-0.1, -0.05) is 23.9 Å². The third-order valence-electron chi connectivity index (χ3n) is 4.22. The maximum Gasteiger partial charge on any atom is 0.173 e. The Bertz CT molecular complexity index is 1010. The first-order valence-corrected chi connectivity index (χ1v) is 9.63. The SMILES string of the molecule is COc1ccc(-n2c(SCC(O)Cn3cccn3)nc3ccccc32)cc1. The van der Waals surface area contributed by atoms with Gasteiger partial charge in [0.25, 0.3) is 0 Å². The molecule has 138 valence electrons. The summed E-state index contributed by atoms with van der Waals surface area (Å²) in [7, 11) is 1.66. The number of nitrogens with zero attached hydrogens (tertiary/aromatic N) is 4. The molecule has 0 aliphatic rings. The minimum Gasteiger partial charge on any atom is -0.497 e. The van der Waals surface area contributed by atoms with Crippen LogP contribution in [0.3, 0.4) is 0 Å². The van der Waals surface area contributed by atoms with E-state index >= 15 is 0 Å². The monoisotopic (exact) mass is 380 g/mol. The van der Waals surface area contributed by atoms with Crippen LogP contribution in [0.25, 0.3) is 16.7 Å². The maximum atomic E-state index is 10.4. The van der Waals surface area contributed by atoms with E-state index in [9.17, 15) is 5.11 Å². The molecule has 0 saturated heterocycles. The molecule has 1 unspecified atom stereocenters. The second-order valence-corrected chi connectivity index (χ2v) is 7.10. The summed E-state index contributed by atoms with van der Waals surface area (Å²) in [6.07, 6.45) is 3.04. The summed E-state index contributed by atoms with van der Waals surface area (Å²) >= 11 is 1.54. The molecule has 27 heavy (non-hydrogen) atoms. The number of hydrogen-bond acceptors (Lipinski definition) is 5. The van der Waals surface area contributed by atoms with Crippen LogP contribution in [-0.4, -0.2) is 43.4 Å². The summed E-state index contributed by atoms with van der Waals surface area (Å²) in [4.78, 5) is 4.76. The topological polar surface area (TPSA) is 65.1 Å². The fourth-order valence-corrected chi connectivity index (χ4v) is 3.87. The molecule has 0 aliphatic heterocycles. The van der Waals surface area contributed by atoms with Crippen LogP contribution < -0.4 is 4.74 Å². The van der Waals surface area contributed by atoms with Crippen LogP contribution in [0.2, 0.25) is 0 Å². The molecule has 0 amide bonds. The van der Waals surface area contributed by atoms with Crippen molar-refractivity contribution in [1.82, 2.24) is 19.3 Å². The van der Waals surface area contributed by atoms with Gasteiger partial charge in [0.05, 0.1) is 30.8 Å². The Morgan fingerprint density at radius 2 is 1.93 bits per heavy atom. The number of aliphatic hydroxyl groups excluding tert-OH is 1. The van der Waals surface area contributed by atoms with Crippen LogP contribution >= 0.6 is 11.8 Å². The molecule has 4 aromatic rings. The van der Waals surface area contributed by atoms with Gasteiger partial charge in [-0.25, -0.2) is 4.98 Å². The fourth-order valence-electron chi connectivity index (χ4n) is 2.93. The van der Waals surface area contributed by atoms with E-state index < -0.39 is 6.10 Å². The molecule has 2 heterocycles. The molecule has 4 rings (SSSR count). The van der Waals surface area contributed by atoms with Gasteiger partial charge in [-0.3, -0.25) is 9.25 Å². The molecular formula is C20H20N4O2S. The zero-order chi connectivity index (χ0) is 18.6. The molecule has 0 saturated carbocycles. The molecule has 6 nitrogen and oxygen atoms in total. The summed E-state index contributed by atoms with van der Waals surface area (Å²) in [6.45, 7) is 0.461. The van der Waals surface area contributed by atoms with Gasteiger partial charge in [0.15, 0.2) is 5.16 Å². The first-order chi connectivity index (χ1) is 13.2. The third kappa shape index (κ3) is 3.84. The van der Waals surface area contributed by atoms with E-state index in [2.05, 4.69) is 15.7 Å². The Morgan fingerprint density at radius 1 is 1.11 bits per heavy atom. The van der Waals surface area contributed by atoms with Crippen LogP contribution in [-0.2, 0) is 6.54 Å². The molecule has 2 aromatic heterocycles. The number of rotatable bonds is 7. The lowest BCUT2D eigenvalue weighted by Gasteiger charge is -2.12. The molecular weight excluding hydrogens is 360 g/mol. The lowest BCUT2D eigenvalue weighted by molar-refractivity contribution is 0.173. The van der Waals surface area contributed by atoms with Crippen molar-refractivity contribution >= 4 is 22.8 Å². The molecule has 0 bridgehead atoms.